The maximum atomic E-state index is 12.6. The fourth-order valence-corrected chi connectivity index (χ4v) is 3.26. The SMILES string of the molecule is Cn1cc(N2CCN(c3cc(C#N)c4cc([N+](=O)[O-])ccc4n3)CC2=O)cn1. The number of nitro groups is 1. The summed E-state index contributed by atoms with van der Waals surface area (Å²) in [5.74, 6) is 0.403. The van der Waals surface area contributed by atoms with Gasteiger partial charge in [-0.15, -0.1) is 0 Å². The normalized spacial score (nSPS) is 14.4. The number of aryl methyl sites for hydroxylation is 1. The first-order valence-electron chi connectivity index (χ1n) is 8.49. The highest BCUT2D eigenvalue weighted by Gasteiger charge is 2.27. The van der Waals surface area contributed by atoms with Crippen molar-refractivity contribution in [3.63, 3.8) is 0 Å². The Morgan fingerprint density at radius 2 is 2.11 bits per heavy atom. The lowest BCUT2D eigenvalue weighted by Gasteiger charge is -2.34. The molecule has 1 aliphatic rings. The number of carbonyl (C=O) groups excluding carboxylic acids is 1. The summed E-state index contributed by atoms with van der Waals surface area (Å²) in [5.41, 5.74) is 1.40. The van der Waals surface area contributed by atoms with Crippen LogP contribution in [0, 0.1) is 21.4 Å². The van der Waals surface area contributed by atoms with Crippen LogP contribution in [-0.2, 0) is 11.8 Å². The summed E-state index contributed by atoms with van der Waals surface area (Å²) < 4.78 is 1.64. The molecule has 0 unspecified atom stereocenters. The molecule has 1 aliphatic heterocycles. The largest absolute Gasteiger partial charge is 0.345 e. The zero-order valence-electron chi connectivity index (χ0n) is 14.9. The van der Waals surface area contributed by atoms with Crippen molar-refractivity contribution in [2.45, 2.75) is 0 Å². The van der Waals surface area contributed by atoms with Gasteiger partial charge in [-0.25, -0.2) is 4.98 Å². The number of hydrogen-bond donors (Lipinski definition) is 0. The summed E-state index contributed by atoms with van der Waals surface area (Å²) >= 11 is 0. The first-order chi connectivity index (χ1) is 13.5. The van der Waals surface area contributed by atoms with E-state index < -0.39 is 4.92 Å². The Morgan fingerprint density at radius 3 is 2.75 bits per heavy atom. The van der Waals surface area contributed by atoms with E-state index in [1.54, 1.807) is 40.0 Å². The van der Waals surface area contributed by atoms with Gasteiger partial charge in [-0.2, -0.15) is 10.4 Å². The summed E-state index contributed by atoms with van der Waals surface area (Å²) in [7, 11) is 1.79. The van der Waals surface area contributed by atoms with Crippen molar-refractivity contribution >= 4 is 34.0 Å². The number of piperazine rings is 1. The van der Waals surface area contributed by atoms with Crippen LogP contribution in [0.5, 0.6) is 0 Å². The molecule has 0 N–H and O–H groups in total. The van der Waals surface area contributed by atoms with Gasteiger partial charge in [0.1, 0.15) is 5.82 Å². The van der Waals surface area contributed by atoms with Gasteiger partial charge in [0, 0.05) is 43.9 Å². The molecule has 3 heterocycles. The minimum atomic E-state index is -0.509. The Hall–Kier alpha value is -4.00. The van der Waals surface area contributed by atoms with Crippen molar-refractivity contribution in [3.8, 4) is 6.07 Å². The van der Waals surface area contributed by atoms with Crippen molar-refractivity contribution in [2.24, 2.45) is 7.05 Å². The van der Waals surface area contributed by atoms with E-state index in [0.717, 1.165) is 5.69 Å². The summed E-state index contributed by atoms with van der Waals surface area (Å²) in [5, 5.41) is 25.0. The Kier molecular flexibility index (Phi) is 4.12. The topological polar surface area (TPSA) is 121 Å². The molecule has 4 rings (SSSR count). The summed E-state index contributed by atoms with van der Waals surface area (Å²) in [4.78, 5) is 31.1. The number of pyridine rings is 1. The molecule has 1 saturated heterocycles. The second-order valence-electron chi connectivity index (χ2n) is 6.44. The lowest BCUT2D eigenvalue weighted by molar-refractivity contribution is -0.384. The van der Waals surface area contributed by atoms with Crippen LogP contribution in [0.25, 0.3) is 10.9 Å². The van der Waals surface area contributed by atoms with Crippen LogP contribution in [0.3, 0.4) is 0 Å². The van der Waals surface area contributed by atoms with Crippen molar-refractivity contribution in [3.05, 3.63) is 52.3 Å². The smallest absolute Gasteiger partial charge is 0.270 e. The quantitative estimate of drug-likeness (QED) is 0.502. The third-order valence-electron chi connectivity index (χ3n) is 4.66. The molecule has 1 aromatic carbocycles. The number of non-ortho nitro benzene ring substituents is 1. The van der Waals surface area contributed by atoms with E-state index in [0.29, 0.717) is 29.8 Å². The zero-order valence-corrected chi connectivity index (χ0v) is 14.9. The molecular formula is C18H15N7O3. The van der Waals surface area contributed by atoms with Crippen LogP contribution < -0.4 is 9.80 Å². The maximum absolute atomic E-state index is 12.6. The molecule has 1 fully saturated rings. The van der Waals surface area contributed by atoms with E-state index in [2.05, 4.69) is 16.2 Å². The number of nitriles is 1. The molecule has 0 atom stereocenters. The number of aromatic nitrogens is 3. The lowest BCUT2D eigenvalue weighted by Crippen LogP contribution is -2.50. The molecule has 10 heteroatoms. The van der Waals surface area contributed by atoms with Crippen molar-refractivity contribution in [2.75, 3.05) is 29.4 Å². The fraction of sp³-hybridized carbons (Fsp3) is 0.222. The Bertz CT molecular complexity index is 1150. The van der Waals surface area contributed by atoms with Crippen LogP contribution in [0.4, 0.5) is 17.2 Å². The highest BCUT2D eigenvalue weighted by molar-refractivity contribution is 5.98. The van der Waals surface area contributed by atoms with E-state index >= 15 is 0 Å². The van der Waals surface area contributed by atoms with Crippen molar-refractivity contribution < 1.29 is 9.72 Å². The molecule has 28 heavy (non-hydrogen) atoms. The van der Waals surface area contributed by atoms with E-state index in [1.807, 2.05) is 0 Å². The lowest BCUT2D eigenvalue weighted by atomic mass is 10.1. The second kappa shape index (κ2) is 6.62. The number of hydrogen-bond acceptors (Lipinski definition) is 7. The van der Waals surface area contributed by atoms with Gasteiger partial charge in [-0.05, 0) is 12.1 Å². The number of benzene rings is 1. The monoisotopic (exact) mass is 377 g/mol. The van der Waals surface area contributed by atoms with E-state index in [9.17, 15) is 20.2 Å². The van der Waals surface area contributed by atoms with E-state index in [4.69, 9.17) is 0 Å². The van der Waals surface area contributed by atoms with Crippen LogP contribution in [0.2, 0.25) is 0 Å². The molecule has 0 bridgehead atoms. The minimum Gasteiger partial charge on any atom is -0.345 e. The molecule has 0 saturated carbocycles. The van der Waals surface area contributed by atoms with E-state index in [1.165, 1.54) is 18.2 Å². The summed E-state index contributed by atoms with van der Waals surface area (Å²) in [6, 6.07) is 7.85. The van der Waals surface area contributed by atoms with Gasteiger partial charge < -0.3 is 9.80 Å². The first-order valence-corrected chi connectivity index (χ1v) is 8.49. The third-order valence-corrected chi connectivity index (χ3v) is 4.66. The minimum absolute atomic E-state index is 0.0941. The van der Waals surface area contributed by atoms with Gasteiger partial charge in [0.05, 0.1) is 40.5 Å². The van der Waals surface area contributed by atoms with Crippen LogP contribution in [-0.4, -0.2) is 45.2 Å². The summed E-state index contributed by atoms with van der Waals surface area (Å²) in [6.45, 7) is 1.12. The Balaban J connectivity index is 1.65. The number of fused-ring (bicyclic) bond motifs is 1. The number of amides is 1. The average molecular weight is 377 g/mol. The maximum Gasteiger partial charge on any atom is 0.270 e. The number of rotatable bonds is 3. The Labute approximate surface area is 159 Å². The fourth-order valence-electron chi connectivity index (χ4n) is 3.26. The highest BCUT2D eigenvalue weighted by Crippen LogP contribution is 2.27. The van der Waals surface area contributed by atoms with Gasteiger partial charge >= 0.3 is 0 Å². The van der Waals surface area contributed by atoms with Crippen molar-refractivity contribution in [1.29, 1.82) is 5.26 Å². The zero-order chi connectivity index (χ0) is 19.8. The average Bonchev–Trinajstić information content (AvgIpc) is 3.12. The number of carbonyl (C=O) groups is 1. The predicted molar refractivity (Wildman–Crippen MR) is 101 cm³/mol. The molecular weight excluding hydrogens is 362 g/mol. The molecule has 2 aromatic heterocycles. The molecule has 140 valence electrons. The molecule has 1 amide bonds. The van der Waals surface area contributed by atoms with Gasteiger partial charge in [0.2, 0.25) is 5.91 Å². The summed E-state index contributed by atoms with van der Waals surface area (Å²) in [6.07, 6.45) is 3.42. The van der Waals surface area contributed by atoms with Crippen LogP contribution in [0.1, 0.15) is 5.56 Å². The number of nitrogens with zero attached hydrogens (tertiary/aromatic N) is 7. The predicted octanol–water partition coefficient (Wildman–Crippen LogP) is 1.60. The highest BCUT2D eigenvalue weighted by atomic mass is 16.6. The van der Waals surface area contributed by atoms with Gasteiger partial charge in [-0.3, -0.25) is 19.6 Å². The van der Waals surface area contributed by atoms with Crippen LogP contribution in [0.15, 0.2) is 36.7 Å². The van der Waals surface area contributed by atoms with Gasteiger partial charge in [0.25, 0.3) is 5.69 Å². The molecule has 0 spiro atoms. The molecule has 0 radical (unpaired) electrons. The third kappa shape index (κ3) is 2.99. The van der Waals surface area contributed by atoms with Gasteiger partial charge in [-0.1, -0.05) is 0 Å². The molecule has 0 aliphatic carbocycles. The molecule has 3 aromatic rings. The molecule has 10 nitrogen and oxygen atoms in total. The van der Waals surface area contributed by atoms with Crippen LogP contribution >= 0.6 is 0 Å². The van der Waals surface area contributed by atoms with Crippen molar-refractivity contribution in [1.82, 2.24) is 14.8 Å². The first kappa shape index (κ1) is 17.4. The number of nitro benzene ring substituents is 1. The number of anilines is 2. The second-order valence-corrected chi connectivity index (χ2v) is 6.44. The van der Waals surface area contributed by atoms with Gasteiger partial charge in [0.15, 0.2) is 0 Å². The Morgan fingerprint density at radius 1 is 1.29 bits per heavy atom. The van der Waals surface area contributed by atoms with E-state index in [-0.39, 0.29) is 23.7 Å². The standard InChI is InChI=1S/C18H15N7O3/c1-22-10-14(9-20-22)24-5-4-23(11-18(24)26)17-6-12(8-19)15-7-13(25(27)28)2-3-16(15)21-17/h2-3,6-7,9-10H,4-5,11H2,1H3.